The van der Waals surface area contributed by atoms with Gasteiger partial charge in [-0.2, -0.15) is 0 Å². The predicted octanol–water partition coefficient (Wildman–Crippen LogP) is 3.77. The molecule has 174 valence electrons. The number of benzene rings is 4. The van der Waals surface area contributed by atoms with Crippen molar-refractivity contribution in [2.45, 2.75) is 12.1 Å². The van der Waals surface area contributed by atoms with Crippen molar-refractivity contribution in [3.05, 3.63) is 102 Å². The van der Waals surface area contributed by atoms with Crippen molar-refractivity contribution in [3.63, 3.8) is 0 Å². The van der Waals surface area contributed by atoms with Gasteiger partial charge in [0.1, 0.15) is 0 Å². The Morgan fingerprint density at radius 1 is 0.886 bits per heavy atom. The third-order valence-electron chi connectivity index (χ3n) is 5.81. The second kappa shape index (κ2) is 9.28. The van der Waals surface area contributed by atoms with Gasteiger partial charge >= 0.3 is 0 Å². The van der Waals surface area contributed by atoms with Crippen LogP contribution in [0.3, 0.4) is 0 Å². The van der Waals surface area contributed by atoms with E-state index in [1.807, 2.05) is 36.4 Å². The number of hydrogen-bond donors (Lipinski definition) is 5. The molecule has 1 heterocycles. The molecule has 0 spiro atoms. The summed E-state index contributed by atoms with van der Waals surface area (Å²) >= 11 is 0. The van der Waals surface area contributed by atoms with Gasteiger partial charge in [-0.3, -0.25) is 9.59 Å². The molecule has 0 saturated heterocycles. The summed E-state index contributed by atoms with van der Waals surface area (Å²) in [4.78, 5) is 33.2. The van der Waals surface area contributed by atoms with Crippen molar-refractivity contribution in [2.75, 3.05) is 11.1 Å². The van der Waals surface area contributed by atoms with E-state index in [4.69, 9.17) is 5.73 Å². The lowest BCUT2D eigenvalue weighted by atomic mass is 9.99. The maximum atomic E-state index is 13.1. The number of carbonyl (C=O) groups excluding carboxylic acids is 2. The first-order valence-corrected chi connectivity index (χ1v) is 11.1. The number of nitrogens with zero attached hydrogens (tertiary/aromatic N) is 1. The summed E-state index contributed by atoms with van der Waals surface area (Å²) in [5, 5.41) is 18.5. The van der Waals surface area contributed by atoms with Crippen molar-refractivity contribution in [1.82, 2.24) is 15.3 Å². The summed E-state index contributed by atoms with van der Waals surface area (Å²) in [7, 11) is 0. The lowest BCUT2D eigenvalue weighted by molar-refractivity contribution is -0.125. The van der Waals surface area contributed by atoms with Crippen LogP contribution < -0.4 is 16.4 Å². The molecular formula is C27H23N5O3. The zero-order chi connectivity index (χ0) is 24.4. The molecule has 5 aromatic rings. The molecule has 5 rings (SSSR count). The molecule has 2 unspecified atom stereocenters. The Bertz CT molecular complexity index is 1530. The van der Waals surface area contributed by atoms with Crippen molar-refractivity contribution >= 4 is 45.3 Å². The maximum Gasteiger partial charge on any atom is 0.255 e. The quantitative estimate of drug-likeness (QED) is 0.260. The van der Waals surface area contributed by atoms with Gasteiger partial charge in [0, 0.05) is 11.3 Å². The minimum Gasteiger partial charge on any atom is -0.381 e. The SMILES string of the molecule is Nc1nc2ccc(NC(=O)C(O)C(NC(=O)c3ccc4ccccc4c3)c3ccccc3)cc2[nH]1. The van der Waals surface area contributed by atoms with Gasteiger partial charge < -0.3 is 26.5 Å². The van der Waals surface area contributed by atoms with Crippen LogP contribution in [0.25, 0.3) is 21.8 Å². The predicted molar refractivity (Wildman–Crippen MR) is 136 cm³/mol. The van der Waals surface area contributed by atoms with Gasteiger partial charge in [-0.05, 0) is 46.7 Å². The van der Waals surface area contributed by atoms with Gasteiger partial charge in [0.25, 0.3) is 11.8 Å². The summed E-state index contributed by atoms with van der Waals surface area (Å²) in [5.41, 5.74) is 8.48. The van der Waals surface area contributed by atoms with Crippen molar-refractivity contribution in [2.24, 2.45) is 0 Å². The van der Waals surface area contributed by atoms with E-state index in [9.17, 15) is 14.7 Å². The number of imidazole rings is 1. The van der Waals surface area contributed by atoms with Crippen LogP contribution in [-0.2, 0) is 4.79 Å². The topological polar surface area (TPSA) is 133 Å². The summed E-state index contributed by atoms with van der Waals surface area (Å²) in [6, 6.07) is 26.1. The van der Waals surface area contributed by atoms with Gasteiger partial charge in [0.2, 0.25) is 0 Å². The number of nitrogens with two attached hydrogens (primary N) is 1. The Morgan fingerprint density at radius 2 is 1.63 bits per heavy atom. The van der Waals surface area contributed by atoms with E-state index in [0.29, 0.717) is 27.8 Å². The first-order chi connectivity index (χ1) is 17.0. The Kier molecular flexibility index (Phi) is 5.87. The van der Waals surface area contributed by atoms with Crippen LogP contribution in [0.1, 0.15) is 22.0 Å². The average Bonchev–Trinajstić information content (AvgIpc) is 3.26. The highest BCUT2D eigenvalue weighted by Gasteiger charge is 2.29. The zero-order valence-corrected chi connectivity index (χ0v) is 18.6. The van der Waals surface area contributed by atoms with Crippen LogP contribution in [0.5, 0.6) is 0 Å². The number of rotatable bonds is 6. The van der Waals surface area contributed by atoms with Crippen LogP contribution in [0.2, 0.25) is 0 Å². The van der Waals surface area contributed by atoms with Crippen LogP contribution in [-0.4, -0.2) is 33.0 Å². The number of hydrogen-bond acceptors (Lipinski definition) is 5. The molecule has 4 aromatic carbocycles. The number of aliphatic hydroxyl groups is 1. The van der Waals surface area contributed by atoms with E-state index in [2.05, 4.69) is 20.6 Å². The standard InChI is InChI=1S/C27H23N5O3/c28-27-30-21-13-12-20(15-22(21)31-27)29-26(35)24(33)23(17-7-2-1-3-8-17)32-25(34)19-11-10-16-6-4-5-9-18(16)14-19/h1-15,23-24,33H,(H,29,35)(H,32,34)(H3,28,30,31). The number of nitrogen functional groups attached to an aromatic ring is 1. The lowest BCUT2D eigenvalue weighted by Gasteiger charge is -2.24. The highest BCUT2D eigenvalue weighted by Crippen LogP contribution is 2.23. The van der Waals surface area contributed by atoms with Crippen LogP contribution >= 0.6 is 0 Å². The van der Waals surface area contributed by atoms with Gasteiger partial charge in [-0.25, -0.2) is 4.98 Å². The van der Waals surface area contributed by atoms with E-state index in [-0.39, 0.29) is 5.95 Å². The van der Waals surface area contributed by atoms with Gasteiger partial charge in [0.05, 0.1) is 17.1 Å². The molecule has 6 N–H and O–H groups in total. The monoisotopic (exact) mass is 465 g/mol. The molecule has 2 amide bonds. The summed E-state index contributed by atoms with van der Waals surface area (Å²) in [6.07, 6.45) is -1.55. The number of aromatic nitrogens is 2. The Labute approximate surface area is 200 Å². The first-order valence-electron chi connectivity index (χ1n) is 11.1. The average molecular weight is 466 g/mol. The third kappa shape index (κ3) is 4.68. The highest BCUT2D eigenvalue weighted by atomic mass is 16.3. The van der Waals surface area contributed by atoms with Gasteiger partial charge in [-0.1, -0.05) is 60.7 Å². The van der Waals surface area contributed by atoms with Crippen LogP contribution in [0, 0.1) is 0 Å². The van der Waals surface area contributed by atoms with E-state index in [0.717, 1.165) is 10.8 Å². The number of H-pyrrole nitrogens is 1. The molecule has 8 nitrogen and oxygen atoms in total. The number of fused-ring (bicyclic) bond motifs is 2. The van der Waals surface area contributed by atoms with E-state index in [1.165, 1.54) is 0 Å². The van der Waals surface area contributed by atoms with Gasteiger partial charge in [-0.15, -0.1) is 0 Å². The first kappa shape index (κ1) is 22.1. The number of amides is 2. The maximum absolute atomic E-state index is 13.1. The fourth-order valence-corrected chi connectivity index (χ4v) is 4.03. The molecule has 8 heteroatoms. The molecule has 0 aliphatic rings. The molecule has 0 fully saturated rings. The third-order valence-corrected chi connectivity index (χ3v) is 5.81. The van der Waals surface area contributed by atoms with E-state index >= 15 is 0 Å². The summed E-state index contributed by atoms with van der Waals surface area (Å²) in [5.74, 6) is -0.792. The molecule has 0 saturated carbocycles. The minimum atomic E-state index is -1.55. The van der Waals surface area contributed by atoms with Crippen LogP contribution in [0.4, 0.5) is 11.6 Å². The van der Waals surface area contributed by atoms with E-state index < -0.39 is 24.0 Å². The van der Waals surface area contributed by atoms with Crippen LogP contribution in [0.15, 0.2) is 91.0 Å². The number of nitrogens with one attached hydrogen (secondary N) is 3. The Hall–Kier alpha value is -4.69. The lowest BCUT2D eigenvalue weighted by Crippen LogP contribution is -2.42. The zero-order valence-electron chi connectivity index (χ0n) is 18.6. The molecule has 0 radical (unpaired) electrons. The molecule has 0 aliphatic carbocycles. The number of aliphatic hydroxyl groups excluding tert-OH is 1. The van der Waals surface area contributed by atoms with E-state index in [1.54, 1.807) is 54.6 Å². The second-order valence-corrected chi connectivity index (χ2v) is 8.21. The largest absolute Gasteiger partial charge is 0.381 e. The molecule has 0 aliphatic heterocycles. The minimum absolute atomic E-state index is 0.268. The van der Waals surface area contributed by atoms with Crippen molar-refractivity contribution < 1.29 is 14.7 Å². The smallest absolute Gasteiger partial charge is 0.255 e. The highest BCUT2D eigenvalue weighted by molar-refractivity contribution is 6.00. The molecular weight excluding hydrogens is 442 g/mol. The number of aromatic amines is 1. The van der Waals surface area contributed by atoms with Crippen molar-refractivity contribution in [3.8, 4) is 0 Å². The number of anilines is 2. The fourth-order valence-electron chi connectivity index (χ4n) is 4.03. The molecule has 0 bridgehead atoms. The summed E-state index contributed by atoms with van der Waals surface area (Å²) < 4.78 is 0. The van der Waals surface area contributed by atoms with Gasteiger partial charge in [0.15, 0.2) is 12.1 Å². The normalized spacial score (nSPS) is 12.8. The second-order valence-electron chi connectivity index (χ2n) is 8.21. The Morgan fingerprint density at radius 3 is 2.43 bits per heavy atom. The fraction of sp³-hybridized carbons (Fsp3) is 0.0741. The Balaban J connectivity index is 1.39. The molecule has 2 atom stereocenters. The molecule has 1 aromatic heterocycles. The summed E-state index contributed by atoms with van der Waals surface area (Å²) in [6.45, 7) is 0. The number of carbonyl (C=O) groups is 2. The molecule has 35 heavy (non-hydrogen) atoms. The van der Waals surface area contributed by atoms with Crippen molar-refractivity contribution in [1.29, 1.82) is 0 Å².